The zero-order chi connectivity index (χ0) is 11.4. The molecule has 1 rings (SSSR count). The molecule has 1 atom stereocenters. The van der Waals surface area contributed by atoms with Gasteiger partial charge >= 0.3 is 0 Å². The van der Waals surface area contributed by atoms with E-state index in [1.54, 1.807) is 18.2 Å². The molecule has 0 aliphatic heterocycles. The lowest BCUT2D eigenvalue weighted by atomic mass is 10.1. The Kier molecular flexibility index (Phi) is 4.29. The molecule has 0 aliphatic carbocycles. The summed E-state index contributed by atoms with van der Waals surface area (Å²) in [6, 6.07) is 3.72. The number of rotatable bonds is 4. The van der Waals surface area contributed by atoms with Gasteiger partial charge in [0.15, 0.2) is 0 Å². The minimum atomic E-state index is -2.52. The van der Waals surface area contributed by atoms with E-state index >= 15 is 0 Å². The highest BCUT2D eigenvalue weighted by Gasteiger charge is 2.16. The normalized spacial score (nSPS) is 12.9. The molecule has 0 spiro atoms. The second kappa shape index (κ2) is 5.28. The molecule has 0 heterocycles. The lowest BCUT2D eigenvalue weighted by molar-refractivity contribution is 0.116. The zero-order valence-corrected chi connectivity index (χ0v) is 8.97. The molecular formula is C10H12ClF2NO. The van der Waals surface area contributed by atoms with Gasteiger partial charge in [0.2, 0.25) is 0 Å². The largest absolute Gasteiger partial charge is 0.495 e. The number of hydrogen-bond acceptors (Lipinski definition) is 2. The van der Waals surface area contributed by atoms with Crippen molar-refractivity contribution in [1.29, 1.82) is 0 Å². The standard InChI is InChI=1S/C10H12ClF2NO/c1-15-9-5-6(2-3-7(9)11)4-8(14)10(12)13/h2-3,5,8,10H,4,14H2,1H3. The number of methoxy groups -OCH3 is 1. The van der Waals surface area contributed by atoms with E-state index in [4.69, 9.17) is 22.1 Å². The topological polar surface area (TPSA) is 35.2 Å². The summed E-state index contributed by atoms with van der Waals surface area (Å²) in [6.07, 6.45) is -2.42. The Bertz CT molecular complexity index is 333. The summed E-state index contributed by atoms with van der Waals surface area (Å²) in [5.41, 5.74) is 5.94. The van der Waals surface area contributed by atoms with E-state index in [2.05, 4.69) is 0 Å². The van der Waals surface area contributed by atoms with Crippen LogP contribution in [0.2, 0.25) is 5.02 Å². The van der Waals surface area contributed by atoms with Crippen molar-refractivity contribution in [3.05, 3.63) is 28.8 Å². The number of alkyl halides is 2. The van der Waals surface area contributed by atoms with E-state index in [1.165, 1.54) is 7.11 Å². The molecule has 15 heavy (non-hydrogen) atoms. The molecule has 0 radical (unpaired) electrons. The van der Waals surface area contributed by atoms with Crippen molar-refractivity contribution < 1.29 is 13.5 Å². The molecule has 0 bridgehead atoms. The molecule has 1 unspecified atom stereocenters. The maximum Gasteiger partial charge on any atom is 0.253 e. The van der Waals surface area contributed by atoms with E-state index in [0.717, 1.165) is 0 Å². The van der Waals surface area contributed by atoms with Gasteiger partial charge in [-0.3, -0.25) is 0 Å². The quantitative estimate of drug-likeness (QED) is 0.870. The van der Waals surface area contributed by atoms with Crippen LogP contribution in [0.1, 0.15) is 5.56 Å². The van der Waals surface area contributed by atoms with Crippen LogP contribution in [0.3, 0.4) is 0 Å². The van der Waals surface area contributed by atoms with Gasteiger partial charge in [0.05, 0.1) is 18.2 Å². The van der Waals surface area contributed by atoms with Gasteiger partial charge in [-0.05, 0) is 24.1 Å². The van der Waals surface area contributed by atoms with Crippen molar-refractivity contribution in [3.8, 4) is 5.75 Å². The predicted octanol–water partition coefficient (Wildman–Crippen LogP) is 2.48. The molecule has 5 heteroatoms. The summed E-state index contributed by atoms with van der Waals surface area (Å²) in [4.78, 5) is 0. The van der Waals surface area contributed by atoms with Crippen LogP contribution in [-0.2, 0) is 6.42 Å². The van der Waals surface area contributed by atoms with Crippen LogP contribution < -0.4 is 10.5 Å². The highest BCUT2D eigenvalue weighted by atomic mass is 35.5. The minimum absolute atomic E-state index is 0.102. The molecule has 1 aromatic carbocycles. The fraction of sp³-hybridized carbons (Fsp3) is 0.400. The van der Waals surface area contributed by atoms with Gasteiger partial charge < -0.3 is 10.5 Å². The monoisotopic (exact) mass is 235 g/mol. The summed E-state index contributed by atoms with van der Waals surface area (Å²) in [7, 11) is 1.47. The van der Waals surface area contributed by atoms with E-state index in [-0.39, 0.29) is 6.42 Å². The first-order chi connectivity index (χ1) is 7.04. The van der Waals surface area contributed by atoms with Crippen molar-refractivity contribution in [2.45, 2.75) is 18.9 Å². The Balaban J connectivity index is 2.78. The SMILES string of the molecule is COc1cc(CC(N)C(F)F)ccc1Cl. The Labute approximate surface area is 92.0 Å². The van der Waals surface area contributed by atoms with E-state index in [0.29, 0.717) is 16.3 Å². The van der Waals surface area contributed by atoms with Gasteiger partial charge in [0.1, 0.15) is 5.75 Å². The predicted molar refractivity (Wildman–Crippen MR) is 55.7 cm³/mol. The summed E-state index contributed by atoms with van der Waals surface area (Å²) in [6.45, 7) is 0. The molecular weight excluding hydrogens is 224 g/mol. The van der Waals surface area contributed by atoms with Crippen molar-refractivity contribution in [2.75, 3.05) is 7.11 Å². The smallest absolute Gasteiger partial charge is 0.253 e. The highest BCUT2D eigenvalue weighted by molar-refractivity contribution is 6.32. The molecule has 0 amide bonds. The van der Waals surface area contributed by atoms with Crippen LogP contribution in [0.25, 0.3) is 0 Å². The number of benzene rings is 1. The van der Waals surface area contributed by atoms with E-state index in [9.17, 15) is 8.78 Å². The molecule has 84 valence electrons. The molecule has 0 saturated carbocycles. The summed E-state index contributed by atoms with van der Waals surface area (Å²) in [5, 5.41) is 0.451. The van der Waals surface area contributed by atoms with Crippen LogP contribution in [-0.4, -0.2) is 19.6 Å². The maximum absolute atomic E-state index is 12.2. The lowest BCUT2D eigenvalue weighted by Gasteiger charge is -2.11. The fourth-order valence-electron chi connectivity index (χ4n) is 1.19. The van der Waals surface area contributed by atoms with Crippen LogP contribution >= 0.6 is 11.6 Å². The average molecular weight is 236 g/mol. The van der Waals surface area contributed by atoms with E-state index in [1.807, 2.05) is 0 Å². The molecule has 2 nitrogen and oxygen atoms in total. The summed E-state index contributed by atoms with van der Waals surface area (Å²) < 4.78 is 29.4. The van der Waals surface area contributed by atoms with Gasteiger partial charge in [-0.15, -0.1) is 0 Å². The Morgan fingerprint density at radius 3 is 2.67 bits per heavy atom. The highest BCUT2D eigenvalue weighted by Crippen LogP contribution is 2.25. The first kappa shape index (κ1) is 12.2. The van der Waals surface area contributed by atoms with E-state index < -0.39 is 12.5 Å². The minimum Gasteiger partial charge on any atom is -0.495 e. The fourth-order valence-corrected chi connectivity index (χ4v) is 1.39. The van der Waals surface area contributed by atoms with Crippen LogP contribution in [0.4, 0.5) is 8.78 Å². The number of nitrogens with two attached hydrogens (primary N) is 1. The summed E-state index contributed by atoms with van der Waals surface area (Å²) in [5.74, 6) is 0.468. The van der Waals surface area contributed by atoms with Gasteiger partial charge in [-0.2, -0.15) is 0 Å². The molecule has 2 N–H and O–H groups in total. The van der Waals surface area contributed by atoms with Gasteiger partial charge in [-0.25, -0.2) is 8.78 Å². The molecule has 1 aromatic rings. The Morgan fingerprint density at radius 2 is 2.13 bits per heavy atom. The third-order valence-electron chi connectivity index (χ3n) is 2.01. The van der Waals surface area contributed by atoms with Gasteiger partial charge in [-0.1, -0.05) is 17.7 Å². The number of hydrogen-bond donors (Lipinski definition) is 1. The van der Waals surface area contributed by atoms with Crippen molar-refractivity contribution in [1.82, 2.24) is 0 Å². The van der Waals surface area contributed by atoms with Crippen molar-refractivity contribution >= 4 is 11.6 Å². The lowest BCUT2D eigenvalue weighted by Crippen LogP contribution is -2.30. The maximum atomic E-state index is 12.2. The first-order valence-corrected chi connectivity index (χ1v) is 4.78. The number of ether oxygens (including phenoxy) is 1. The molecule has 0 aliphatic rings. The van der Waals surface area contributed by atoms with Crippen LogP contribution in [0.15, 0.2) is 18.2 Å². The second-order valence-corrected chi connectivity index (χ2v) is 3.58. The van der Waals surface area contributed by atoms with Gasteiger partial charge in [0, 0.05) is 0 Å². The molecule has 0 fully saturated rings. The van der Waals surface area contributed by atoms with Gasteiger partial charge in [0.25, 0.3) is 6.43 Å². The van der Waals surface area contributed by atoms with Crippen LogP contribution in [0.5, 0.6) is 5.75 Å². The van der Waals surface area contributed by atoms with Crippen molar-refractivity contribution in [2.24, 2.45) is 5.73 Å². The van der Waals surface area contributed by atoms with Crippen molar-refractivity contribution in [3.63, 3.8) is 0 Å². The number of halogens is 3. The Hall–Kier alpha value is -0.870. The third-order valence-corrected chi connectivity index (χ3v) is 2.32. The second-order valence-electron chi connectivity index (χ2n) is 3.17. The first-order valence-electron chi connectivity index (χ1n) is 4.40. The Morgan fingerprint density at radius 1 is 1.47 bits per heavy atom. The zero-order valence-electron chi connectivity index (χ0n) is 8.21. The summed E-state index contributed by atoms with van der Waals surface area (Å²) >= 11 is 5.79. The third kappa shape index (κ3) is 3.32. The molecule has 0 aromatic heterocycles. The average Bonchev–Trinajstić information content (AvgIpc) is 2.20. The van der Waals surface area contributed by atoms with Crippen LogP contribution in [0, 0.1) is 0 Å². The molecule has 0 saturated heterocycles.